The van der Waals surface area contributed by atoms with E-state index in [9.17, 15) is 10.1 Å². The van der Waals surface area contributed by atoms with E-state index >= 15 is 0 Å². The van der Waals surface area contributed by atoms with Crippen LogP contribution in [0.3, 0.4) is 0 Å². The lowest BCUT2D eigenvalue weighted by atomic mass is 10.1. The number of thiazole rings is 1. The van der Waals surface area contributed by atoms with Gasteiger partial charge in [-0.1, -0.05) is 13.8 Å². The summed E-state index contributed by atoms with van der Waals surface area (Å²) in [4.78, 5) is 15.0. The Balaban J connectivity index is 2.30. The third-order valence-electron chi connectivity index (χ3n) is 2.67. The van der Waals surface area contributed by atoms with Crippen LogP contribution in [0.4, 0.5) is 11.5 Å². The summed E-state index contributed by atoms with van der Waals surface area (Å²) >= 11 is 1.50. The molecule has 0 saturated carbocycles. The lowest BCUT2D eigenvalue weighted by Gasteiger charge is -2.03. The van der Waals surface area contributed by atoms with E-state index in [2.05, 4.69) is 15.4 Å². The fraction of sp³-hybridized carbons (Fsp3) is 0.455. The van der Waals surface area contributed by atoms with Crippen molar-refractivity contribution in [1.82, 2.24) is 14.8 Å². The van der Waals surface area contributed by atoms with Crippen molar-refractivity contribution >= 4 is 22.8 Å². The summed E-state index contributed by atoms with van der Waals surface area (Å²) in [5.41, 5.74) is 0.545. The molecule has 0 aliphatic heterocycles. The molecule has 0 amide bonds. The summed E-state index contributed by atoms with van der Waals surface area (Å²) in [5, 5.41) is 21.2. The Hall–Kier alpha value is -1.96. The van der Waals surface area contributed by atoms with Gasteiger partial charge in [-0.05, 0) is 0 Å². The summed E-state index contributed by atoms with van der Waals surface area (Å²) in [6.45, 7) is 4.23. The zero-order valence-electron chi connectivity index (χ0n) is 11.0. The van der Waals surface area contributed by atoms with E-state index in [1.807, 2.05) is 19.2 Å². The highest BCUT2D eigenvalue weighted by molar-refractivity contribution is 7.09. The first-order valence-electron chi connectivity index (χ1n) is 5.84. The van der Waals surface area contributed by atoms with E-state index in [1.54, 1.807) is 13.2 Å². The van der Waals surface area contributed by atoms with Crippen LogP contribution >= 0.6 is 11.3 Å². The Morgan fingerprint density at radius 1 is 1.58 bits per heavy atom. The second-order valence-corrected chi connectivity index (χ2v) is 5.38. The maximum atomic E-state index is 11.2. The van der Waals surface area contributed by atoms with E-state index in [0.29, 0.717) is 18.1 Å². The molecule has 0 bridgehead atoms. The molecule has 0 aliphatic carbocycles. The van der Waals surface area contributed by atoms with Crippen molar-refractivity contribution in [2.75, 3.05) is 5.32 Å². The van der Waals surface area contributed by atoms with Gasteiger partial charge < -0.3 is 5.32 Å². The van der Waals surface area contributed by atoms with E-state index < -0.39 is 0 Å². The Morgan fingerprint density at radius 2 is 2.32 bits per heavy atom. The van der Waals surface area contributed by atoms with Crippen LogP contribution in [-0.4, -0.2) is 19.7 Å². The maximum absolute atomic E-state index is 11.2. The third kappa shape index (κ3) is 2.73. The Bertz CT molecular complexity index is 576. The number of rotatable bonds is 5. The Morgan fingerprint density at radius 3 is 2.84 bits per heavy atom. The van der Waals surface area contributed by atoms with E-state index in [4.69, 9.17) is 0 Å². The SMILES string of the molecule is CC(C)c1nn(C)c(NCc2nccs2)c1[N+](=O)[O-]. The molecule has 8 heteroatoms. The van der Waals surface area contributed by atoms with Crippen LogP contribution in [0, 0.1) is 10.1 Å². The van der Waals surface area contributed by atoms with Gasteiger partial charge in [-0.25, -0.2) is 9.67 Å². The highest BCUT2D eigenvalue weighted by Crippen LogP contribution is 2.33. The molecule has 0 unspecified atom stereocenters. The van der Waals surface area contributed by atoms with Gasteiger partial charge in [0.15, 0.2) is 0 Å². The predicted octanol–water partition coefficient (Wildman–Crippen LogP) is 2.52. The molecule has 19 heavy (non-hydrogen) atoms. The van der Waals surface area contributed by atoms with Gasteiger partial charge in [0.1, 0.15) is 10.7 Å². The van der Waals surface area contributed by atoms with E-state index in [0.717, 1.165) is 5.01 Å². The largest absolute Gasteiger partial charge is 0.358 e. The fourth-order valence-corrected chi connectivity index (χ4v) is 2.36. The lowest BCUT2D eigenvalue weighted by Crippen LogP contribution is -2.06. The number of aryl methyl sites for hydroxylation is 1. The second-order valence-electron chi connectivity index (χ2n) is 4.40. The van der Waals surface area contributed by atoms with Gasteiger partial charge in [-0.3, -0.25) is 10.1 Å². The van der Waals surface area contributed by atoms with Crippen molar-refractivity contribution < 1.29 is 4.92 Å². The summed E-state index contributed by atoms with van der Waals surface area (Å²) in [6, 6.07) is 0. The summed E-state index contributed by atoms with van der Waals surface area (Å²) in [7, 11) is 1.70. The number of nitrogens with zero attached hydrogens (tertiary/aromatic N) is 4. The van der Waals surface area contributed by atoms with E-state index in [-0.39, 0.29) is 16.5 Å². The van der Waals surface area contributed by atoms with Gasteiger partial charge in [-0.15, -0.1) is 11.3 Å². The quantitative estimate of drug-likeness (QED) is 0.672. The zero-order valence-corrected chi connectivity index (χ0v) is 11.8. The van der Waals surface area contributed by atoms with Crippen molar-refractivity contribution in [3.05, 3.63) is 32.4 Å². The van der Waals surface area contributed by atoms with Crippen LogP contribution in [-0.2, 0) is 13.6 Å². The molecule has 0 saturated heterocycles. The predicted molar refractivity (Wildman–Crippen MR) is 73.4 cm³/mol. The third-order valence-corrected chi connectivity index (χ3v) is 3.45. The molecule has 0 aromatic carbocycles. The molecule has 0 aliphatic rings. The first kappa shape index (κ1) is 13.5. The number of aromatic nitrogens is 3. The van der Waals surface area contributed by atoms with Gasteiger partial charge in [0, 0.05) is 24.5 Å². The second kappa shape index (κ2) is 5.35. The smallest absolute Gasteiger partial charge is 0.334 e. The molecule has 1 N–H and O–H groups in total. The number of anilines is 1. The molecule has 2 rings (SSSR count). The monoisotopic (exact) mass is 281 g/mol. The molecule has 0 radical (unpaired) electrons. The number of nitrogens with one attached hydrogen (secondary N) is 1. The molecule has 0 fully saturated rings. The summed E-state index contributed by atoms with van der Waals surface area (Å²) in [5.74, 6) is 0.422. The minimum Gasteiger partial charge on any atom is -0.358 e. The molecule has 0 spiro atoms. The van der Waals surface area contributed by atoms with Crippen molar-refractivity contribution in [2.24, 2.45) is 7.05 Å². The van der Waals surface area contributed by atoms with Crippen molar-refractivity contribution in [3.63, 3.8) is 0 Å². The average Bonchev–Trinajstić information content (AvgIpc) is 2.93. The lowest BCUT2D eigenvalue weighted by molar-refractivity contribution is -0.384. The first-order valence-corrected chi connectivity index (χ1v) is 6.72. The van der Waals surface area contributed by atoms with Gasteiger partial charge in [0.2, 0.25) is 5.82 Å². The van der Waals surface area contributed by atoms with Crippen molar-refractivity contribution in [2.45, 2.75) is 26.3 Å². The van der Waals surface area contributed by atoms with Gasteiger partial charge in [0.05, 0.1) is 11.5 Å². The van der Waals surface area contributed by atoms with Crippen LogP contribution in [0.15, 0.2) is 11.6 Å². The molecule has 7 nitrogen and oxygen atoms in total. The fourth-order valence-electron chi connectivity index (χ4n) is 1.80. The molecule has 2 aromatic rings. The van der Waals surface area contributed by atoms with Crippen molar-refractivity contribution in [1.29, 1.82) is 0 Å². The van der Waals surface area contributed by atoms with Gasteiger partial charge >= 0.3 is 5.69 Å². The van der Waals surface area contributed by atoms with Crippen LogP contribution in [0.5, 0.6) is 0 Å². The maximum Gasteiger partial charge on any atom is 0.334 e. The zero-order chi connectivity index (χ0) is 14.0. The highest BCUT2D eigenvalue weighted by Gasteiger charge is 2.28. The minimum atomic E-state index is -0.382. The van der Waals surface area contributed by atoms with Crippen LogP contribution < -0.4 is 5.32 Å². The topological polar surface area (TPSA) is 85.9 Å². The Kier molecular flexibility index (Phi) is 3.79. The molecular weight excluding hydrogens is 266 g/mol. The number of hydrogen-bond donors (Lipinski definition) is 1. The highest BCUT2D eigenvalue weighted by atomic mass is 32.1. The normalized spacial score (nSPS) is 10.9. The van der Waals surface area contributed by atoms with Gasteiger partial charge in [0.25, 0.3) is 0 Å². The molecule has 102 valence electrons. The number of nitro groups is 1. The number of hydrogen-bond acceptors (Lipinski definition) is 6. The molecular formula is C11H15N5O2S. The van der Waals surface area contributed by atoms with Crippen LogP contribution in [0.25, 0.3) is 0 Å². The van der Waals surface area contributed by atoms with Crippen molar-refractivity contribution in [3.8, 4) is 0 Å². The average molecular weight is 281 g/mol. The van der Waals surface area contributed by atoms with Gasteiger partial charge in [-0.2, -0.15) is 5.10 Å². The van der Waals surface area contributed by atoms with E-state index in [1.165, 1.54) is 16.0 Å². The Labute approximate surface area is 114 Å². The van der Waals surface area contributed by atoms with Crippen LogP contribution in [0.2, 0.25) is 0 Å². The minimum absolute atomic E-state index is 0.00186. The molecule has 2 aromatic heterocycles. The summed E-state index contributed by atoms with van der Waals surface area (Å²) in [6.07, 6.45) is 1.71. The molecule has 0 atom stereocenters. The molecule has 2 heterocycles. The van der Waals surface area contributed by atoms with Crippen LogP contribution in [0.1, 0.15) is 30.5 Å². The summed E-state index contributed by atoms with van der Waals surface area (Å²) < 4.78 is 1.51. The first-order chi connectivity index (χ1) is 9.00. The standard InChI is InChI=1S/C11H15N5O2S/c1-7(2)9-10(16(17)18)11(15(3)14-9)13-6-8-12-4-5-19-8/h4-5,7,13H,6H2,1-3H3.